The van der Waals surface area contributed by atoms with E-state index in [1.54, 1.807) is 0 Å². The third-order valence-electron chi connectivity index (χ3n) is 4.55. The third-order valence-corrected chi connectivity index (χ3v) is 4.55. The van der Waals surface area contributed by atoms with Crippen LogP contribution >= 0.6 is 0 Å². The minimum atomic E-state index is 0.911. The second kappa shape index (κ2) is 10.9. The van der Waals surface area contributed by atoms with Gasteiger partial charge in [0, 0.05) is 46.0 Å². The van der Waals surface area contributed by atoms with Crippen LogP contribution in [0.1, 0.15) is 25.7 Å². The Hall–Kier alpha value is -1.75. The van der Waals surface area contributed by atoms with Crippen LogP contribution < -0.4 is 15.5 Å². The Labute approximate surface area is 147 Å². The molecule has 1 aliphatic rings. The lowest BCUT2D eigenvalue weighted by Gasteiger charge is -2.26. The predicted octanol–water partition coefficient (Wildman–Crippen LogP) is 2.16. The van der Waals surface area contributed by atoms with Gasteiger partial charge in [-0.15, -0.1) is 0 Å². The Morgan fingerprint density at radius 2 is 1.79 bits per heavy atom. The number of piperidine rings is 1. The van der Waals surface area contributed by atoms with Gasteiger partial charge in [-0.2, -0.15) is 0 Å². The van der Waals surface area contributed by atoms with E-state index in [4.69, 9.17) is 0 Å². The summed E-state index contributed by atoms with van der Waals surface area (Å²) in [5.41, 5.74) is 1.27. The predicted molar refractivity (Wildman–Crippen MR) is 104 cm³/mol. The van der Waals surface area contributed by atoms with E-state index in [2.05, 4.69) is 62.8 Å². The molecule has 1 aliphatic heterocycles. The summed E-state index contributed by atoms with van der Waals surface area (Å²) < 4.78 is 0. The van der Waals surface area contributed by atoms with E-state index in [0.717, 1.165) is 38.6 Å². The molecule has 0 bridgehead atoms. The Morgan fingerprint density at radius 1 is 1.08 bits per heavy atom. The second-order valence-corrected chi connectivity index (χ2v) is 6.44. The number of likely N-dealkylation sites (tertiary alicyclic amines) is 1. The number of hydrogen-bond acceptors (Lipinski definition) is 3. The number of aliphatic imine (C=N–C) groups is 1. The van der Waals surface area contributed by atoms with E-state index >= 15 is 0 Å². The van der Waals surface area contributed by atoms with Crippen molar-refractivity contribution in [2.75, 3.05) is 58.3 Å². The van der Waals surface area contributed by atoms with Crippen LogP contribution in [-0.2, 0) is 0 Å². The largest absolute Gasteiger partial charge is 0.375 e. The van der Waals surface area contributed by atoms with Gasteiger partial charge in [0.15, 0.2) is 5.96 Å². The van der Waals surface area contributed by atoms with Gasteiger partial charge in [0.05, 0.1) is 0 Å². The first-order valence-corrected chi connectivity index (χ1v) is 9.22. The molecule has 0 radical (unpaired) electrons. The number of anilines is 1. The highest BCUT2D eigenvalue weighted by molar-refractivity contribution is 5.79. The molecule has 134 valence electrons. The second-order valence-electron chi connectivity index (χ2n) is 6.44. The zero-order chi connectivity index (χ0) is 17.0. The van der Waals surface area contributed by atoms with Crippen molar-refractivity contribution in [2.45, 2.75) is 25.7 Å². The molecule has 1 aromatic rings. The molecular formula is C19H33N5. The summed E-state index contributed by atoms with van der Waals surface area (Å²) in [6.45, 7) is 6.53. The Morgan fingerprint density at radius 3 is 2.50 bits per heavy atom. The van der Waals surface area contributed by atoms with Gasteiger partial charge >= 0.3 is 0 Å². The van der Waals surface area contributed by atoms with Crippen LogP contribution in [0.25, 0.3) is 0 Å². The average molecular weight is 332 g/mol. The summed E-state index contributed by atoms with van der Waals surface area (Å²) in [6.07, 6.45) is 5.17. The van der Waals surface area contributed by atoms with Crippen LogP contribution in [0.15, 0.2) is 35.3 Å². The maximum atomic E-state index is 4.31. The molecule has 24 heavy (non-hydrogen) atoms. The van der Waals surface area contributed by atoms with Gasteiger partial charge in [-0.3, -0.25) is 4.99 Å². The molecule has 1 aromatic carbocycles. The first-order chi connectivity index (χ1) is 11.8. The highest BCUT2D eigenvalue weighted by Crippen LogP contribution is 2.10. The number of para-hydroxylation sites is 1. The van der Waals surface area contributed by atoms with E-state index < -0.39 is 0 Å². The van der Waals surface area contributed by atoms with Crippen LogP contribution in [0.2, 0.25) is 0 Å². The lowest BCUT2D eigenvalue weighted by Crippen LogP contribution is -2.43. The minimum absolute atomic E-state index is 0.911. The van der Waals surface area contributed by atoms with Crippen molar-refractivity contribution in [1.82, 2.24) is 15.5 Å². The monoisotopic (exact) mass is 331 g/mol. The zero-order valence-corrected chi connectivity index (χ0v) is 15.3. The van der Waals surface area contributed by atoms with Crippen LogP contribution in [0, 0.1) is 0 Å². The van der Waals surface area contributed by atoms with E-state index in [1.807, 2.05) is 7.05 Å². The molecule has 5 nitrogen and oxygen atoms in total. The van der Waals surface area contributed by atoms with Crippen LogP contribution in [0.3, 0.4) is 0 Å². The van der Waals surface area contributed by atoms with Gasteiger partial charge < -0.3 is 20.4 Å². The number of nitrogens with zero attached hydrogens (tertiary/aromatic N) is 3. The normalized spacial score (nSPS) is 16.0. The fourth-order valence-corrected chi connectivity index (χ4v) is 3.07. The minimum Gasteiger partial charge on any atom is -0.375 e. The number of benzene rings is 1. The van der Waals surface area contributed by atoms with E-state index in [-0.39, 0.29) is 0 Å². The zero-order valence-electron chi connectivity index (χ0n) is 15.3. The molecule has 1 heterocycles. The molecule has 5 heteroatoms. The number of hydrogen-bond donors (Lipinski definition) is 2. The van der Waals surface area contributed by atoms with Crippen molar-refractivity contribution in [3.05, 3.63) is 30.3 Å². The van der Waals surface area contributed by atoms with Crippen molar-refractivity contribution in [1.29, 1.82) is 0 Å². The van der Waals surface area contributed by atoms with Gasteiger partial charge in [0.1, 0.15) is 0 Å². The maximum Gasteiger partial charge on any atom is 0.191 e. The van der Waals surface area contributed by atoms with Crippen molar-refractivity contribution in [3.63, 3.8) is 0 Å². The van der Waals surface area contributed by atoms with Crippen molar-refractivity contribution in [2.24, 2.45) is 4.99 Å². The molecule has 0 unspecified atom stereocenters. The van der Waals surface area contributed by atoms with Crippen LogP contribution in [0.5, 0.6) is 0 Å². The molecule has 1 saturated heterocycles. The summed E-state index contributed by atoms with van der Waals surface area (Å²) in [7, 11) is 3.98. The molecule has 2 N–H and O–H groups in total. The standard InChI is InChI=1S/C19H33N5/c1-20-19(22-13-17-24-15-7-4-8-16-24)21-12-9-14-23(2)18-10-5-3-6-11-18/h3,5-6,10-11H,4,7-9,12-17H2,1-2H3,(H2,20,21,22). The van der Waals surface area contributed by atoms with Gasteiger partial charge in [-0.1, -0.05) is 24.6 Å². The topological polar surface area (TPSA) is 42.9 Å². The van der Waals surface area contributed by atoms with E-state index in [9.17, 15) is 0 Å². The van der Waals surface area contributed by atoms with Gasteiger partial charge in [0.2, 0.25) is 0 Å². The smallest absolute Gasteiger partial charge is 0.191 e. The summed E-state index contributed by atoms with van der Waals surface area (Å²) >= 11 is 0. The van der Waals surface area contributed by atoms with Crippen molar-refractivity contribution >= 4 is 11.6 Å². The average Bonchev–Trinajstić information content (AvgIpc) is 2.65. The van der Waals surface area contributed by atoms with Crippen LogP contribution in [-0.4, -0.2) is 64.2 Å². The Bertz CT molecular complexity index is 468. The quantitative estimate of drug-likeness (QED) is 0.435. The molecule has 1 fully saturated rings. The van der Waals surface area contributed by atoms with Crippen molar-refractivity contribution in [3.8, 4) is 0 Å². The van der Waals surface area contributed by atoms with Gasteiger partial charge in [-0.25, -0.2) is 0 Å². The van der Waals surface area contributed by atoms with Gasteiger partial charge in [-0.05, 0) is 44.5 Å². The molecular weight excluding hydrogens is 298 g/mol. The third kappa shape index (κ3) is 6.79. The molecule has 2 rings (SSSR count). The maximum absolute atomic E-state index is 4.31. The molecule has 0 saturated carbocycles. The van der Waals surface area contributed by atoms with Gasteiger partial charge in [0.25, 0.3) is 0 Å². The number of guanidine groups is 1. The van der Waals surface area contributed by atoms with E-state index in [0.29, 0.717) is 0 Å². The van der Waals surface area contributed by atoms with Crippen molar-refractivity contribution < 1.29 is 0 Å². The Kier molecular flexibility index (Phi) is 8.46. The number of rotatable bonds is 8. The fourth-order valence-electron chi connectivity index (χ4n) is 3.07. The Balaban J connectivity index is 1.56. The molecule has 0 amide bonds. The fraction of sp³-hybridized carbons (Fsp3) is 0.632. The molecule has 0 aromatic heterocycles. The summed E-state index contributed by atoms with van der Waals surface area (Å²) in [5.74, 6) is 0.911. The SMILES string of the molecule is CN=C(NCCCN(C)c1ccccc1)NCCN1CCCCC1. The highest BCUT2D eigenvalue weighted by Gasteiger charge is 2.09. The lowest BCUT2D eigenvalue weighted by molar-refractivity contribution is 0.232. The lowest BCUT2D eigenvalue weighted by atomic mass is 10.1. The molecule has 0 spiro atoms. The number of nitrogens with one attached hydrogen (secondary N) is 2. The molecule has 0 aliphatic carbocycles. The summed E-state index contributed by atoms with van der Waals surface area (Å²) in [5, 5.41) is 6.83. The summed E-state index contributed by atoms with van der Waals surface area (Å²) in [6, 6.07) is 10.5. The highest BCUT2D eigenvalue weighted by atomic mass is 15.2. The van der Waals surface area contributed by atoms with Crippen LogP contribution in [0.4, 0.5) is 5.69 Å². The summed E-state index contributed by atoms with van der Waals surface area (Å²) in [4.78, 5) is 9.13. The first-order valence-electron chi connectivity index (χ1n) is 9.22. The molecule has 0 atom stereocenters. The first kappa shape index (κ1) is 18.6. The van der Waals surface area contributed by atoms with E-state index in [1.165, 1.54) is 38.0 Å².